The number of anilines is 1. The van der Waals surface area contributed by atoms with Gasteiger partial charge in [0.05, 0.1) is 22.5 Å². The molecule has 4 rings (SSSR count). The lowest BCUT2D eigenvalue weighted by Gasteiger charge is -2.19. The number of nitrogens with zero attached hydrogens (tertiary/aromatic N) is 3. The third-order valence-electron chi connectivity index (χ3n) is 4.83. The molecule has 0 saturated carbocycles. The predicted octanol–water partition coefficient (Wildman–Crippen LogP) is 6.90. The first-order chi connectivity index (χ1) is 15.5. The molecule has 0 bridgehead atoms. The molecule has 0 atom stereocenters. The van der Waals surface area contributed by atoms with E-state index in [1.165, 1.54) is 23.5 Å². The van der Waals surface area contributed by atoms with Crippen LogP contribution in [0.2, 0.25) is 5.02 Å². The van der Waals surface area contributed by atoms with E-state index in [2.05, 4.69) is 4.98 Å². The molecule has 2 aromatic heterocycles. The molecule has 8 heteroatoms. The minimum absolute atomic E-state index is 0.00170. The van der Waals surface area contributed by atoms with E-state index in [-0.39, 0.29) is 11.7 Å². The van der Waals surface area contributed by atoms with Gasteiger partial charge in [-0.25, -0.2) is 9.37 Å². The molecule has 0 unspecified atom stereocenters. The number of amides is 1. The summed E-state index contributed by atoms with van der Waals surface area (Å²) in [6.45, 7) is 2.33. The smallest absolute Gasteiger partial charge is 0.229 e. The maximum atomic E-state index is 13.2. The fourth-order valence-electron chi connectivity index (χ4n) is 3.25. The second kappa shape index (κ2) is 10.4. The number of fused-ring (bicyclic) bond motifs is 1. The number of carbonyl (C=O) groups is 1. The van der Waals surface area contributed by atoms with Crippen molar-refractivity contribution in [2.75, 3.05) is 10.7 Å². The third kappa shape index (κ3) is 5.65. The summed E-state index contributed by atoms with van der Waals surface area (Å²) in [5.41, 5.74) is 2.64. The number of benzene rings is 2. The second-order valence-corrected chi connectivity index (χ2v) is 9.89. The number of pyridine rings is 1. The van der Waals surface area contributed by atoms with Crippen molar-refractivity contribution in [1.82, 2.24) is 9.97 Å². The highest BCUT2D eigenvalue weighted by atomic mass is 35.5. The number of hydrogen-bond acceptors (Lipinski definition) is 5. The summed E-state index contributed by atoms with van der Waals surface area (Å²) in [4.78, 5) is 25.0. The Morgan fingerprint density at radius 3 is 2.75 bits per heavy atom. The first kappa shape index (κ1) is 22.7. The Bertz CT molecular complexity index is 1220. The van der Waals surface area contributed by atoms with Crippen molar-refractivity contribution in [3.05, 3.63) is 82.9 Å². The van der Waals surface area contributed by atoms with Crippen LogP contribution < -0.4 is 4.90 Å². The first-order valence-electron chi connectivity index (χ1n) is 10.1. The van der Waals surface area contributed by atoms with Crippen LogP contribution in [0, 0.1) is 12.7 Å². The van der Waals surface area contributed by atoms with E-state index in [1.54, 1.807) is 35.0 Å². The average molecular weight is 486 g/mol. The molecule has 0 radical (unpaired) electrons. The quantitative estimate of drug-likeness (QED) is 0.201. The lowest BCUT2D eigenvalue weighted by molar-refractivity contribution is -0.118. The van der Waals surface area contributed by atoms with Crippen molar-refractivity contribution in [3.63, 3.8) is 0 Å². The molecule has 2 aromatic carbocycles. The van der Waals surface area contributed by atoms with Crippen LogP contribution in [0.15, 0.2) is 65.7 Å². The lowest BCUT2D eigenvalue weighted by atomic mass is 10.2. The van der Waals surface area contributed by atoms with Crippen LogP contribution in [0.4, 0.5) is 9.52 Å². The maximum Gasteiger partial charge on any atom is 0.229 e. The molecule has 0 aliphatic carbocycles. The van der Waals surface area contributed by atoms with Gasteiger partial charge in [-0.1, -0.05) is 29.0 Å². The van der Waals surface area contributed by atoms with Crippen LogP contribution in [0.1, 0.15) is 24.1 Å². The molecule has 0 spiro atoms. The van der Waals surface area contributed by atoms with Gasteiger partial charge in [0.15, 0.2) is 5.13 Å². The topological polar surface area (TPSA) is 46.1 Å². The number of thioether (sulfide) groups is 1. The molecule has 1 amide bonds. The molecule has 4 nitrogen and oxygen atoms in total. The molecule has 4 aromatic rings. The average Bonchev–Trinajstić information content (AvgIpc) is 3.21. The monoisotopic (exact) mass is 485 g/mol. The van der Waals surface area contributed by atoms with Crippen molar-refractivity contribution in [3.8, 4) is 0 Å². The number of thiazole rings is 1. The Morgan fingerprint density at radius 1 is 1.19 bits per heavy atom. The highest BCUT2D eigenvalue weighted by Crippen LogP contribution is 2.34. The van der Waals surface area contributed by atoms with Gasteiger partial charge in [-0.2, -0.15) is 0 Å². The van der Waals surface area contributed by atoms with Crippen LogP contribution in [0.3, 0.4) is 0 Å². The molecule has 0 N–H and O–H groups in total. The third-order valence-corrected chi connectivity index (χ3v) is 7.18. The zero-order valence-electron chi connectivity index (χ0n) is 17.4. The number of hydrogen-bond donors (Lipinski definition) is 0. The minimum Gasteiger partial charge on any atom is -0.282 e. The van der Waals surface area contributed by atoms with E-state index >= 15 is 0 Å². The Labute approximate surface area is 199 Å². The number of aromatic nitrogens is 2. The minimum atomic E-state index is -0.248. The largest absolute Gasteiger partial charge is 0.282 e. The Balaban J connectivity index is 1.49. The fraction of sp³-hybridized carbons (Fsp3) is 0.208. The summed E-state index contributed by atoms with van der Waals surface area (Å²) < 4.78 is 14.0. The van der Waals surface area contributed by atoms with Gasteiger partial charge >= 0.3 is 0 Å². The standard InChI is InChI=1S/C24H21ClFN3OS2/c1-16-13-17(25)14-21-23(16)28-24(32-21)29(15-19-5-2-3-11-27-19)22(30)6-4-12-31-20-9-7-18(26)8-10-20/h2-3,5,7-11,13-14H,4,6,12,15H2,1H3. The van der Waals surface area contributed by atoms with Crippen molar-refractivity contribution in [2.45, 2.75) is 31.2 Å². The maximum absolute atomic E-state index is 13.2. The van der Waals surface area contributed by atoms with Gasteiger partial charge in [0.25, 0.3) is 0 Å². The fourth-order valence-corrected chi connectivity index (χ4v) is 5.54. The van der Waals surface area contributed by atoms with Crippen LogP contribution in [-0.4, -0.2) is 21.6 Å². The number of rotatable bonds is 8. The van der Waals surface area contributed by atoms with Crippen molar-refractivity contribution < 1.29 is 9.18 Å². The summed E-state index contributed by atoms with van der Waals surface area (Å²) in [5, 5.41) is 1.30. The van der Waals surface area contributed by atoms with Gasteiger partial charge in [0.2, 0.25) is 5.91 Å². The van der Waals surface area contributed by atoms with E-state index in [9.17, 15) is 9.18 Å². The summed E-state index contributed by atoms with van der Waals surface area (Å²) in [6, 6.07) is 15.8. The predicted molar refractivity (Wildman–Crippen MR) is 131 cm³/mol. The molecule has 0 saturated heterocycles. The van der Waals surface area contributed by atoms with Gasteiger partial charge in [-0.15, -0.1) is 11.8 Å². The van der Waals surface area contributed by atoms with Crippen molar-refractivity contribution in [2.24, 2.45) is 0 Å². The van der Waals surface area contributed by atoms with E-state index < -0.39 is 0 Å². The molecule has 32 heavy (non-hydrogen) atoms. The van der Waals surface area contributed by atoms with E-state index in [0.717, 1.165) is 32.1 Å². The van der Waals surface area contributed by atoms with Crippen LogP contribution >= 0.6 is 34.7 Å². The summed E-state index contributed by atoms with van der Waals surface area (Å²) in [7, 11) is 0. The lowest BCUT2D eigenvalue weighted by Crippen LogP contribution is -2.30. The molecule has 0 fully saturated rings. The van der Waals surface area contributed by atoms with Gasteiger partial charge in [-0.3, -0.25) is 14.7 Å². The highest BCUT2D eigenvalue weighted by molar-refractivity contribution is 7.99. The Hall–Kier alpha value is -2.48. The molecular formula is C24H21ClFN3OS2. The van der Waals surface area contributed by atoms with E-state index in [0.29, 0.717) is 29.5 Å². The van der Waals surface area contributed by atoms with Crippen LogP contribution in [-0.2, 0) is 11.3 Å². The SMILES string of the molecule is Cc1cc(Cl)cc2sc(N(Cc3ccccn3)C(=O)CCCSc3ccc(F)cc3)nc12. The molecule has 164 valence electrons. The second-order valence-electron chi connectivity index (χ2n) is 7.27. The van der Waals surface area contributed by atoms with Gasteiger partial charge in [0, 0.05) is 22.5 Å². The zero-order chi connectivity index (χ0) is 22.5. The molecular weight excluding hydrogens is 465 g/mol. The zero-order valence-corrected chi connectivity index (χ0v) is 19.8. The van der Waals surface area contributed by atoms with Crippen molar-refractivity contribution >= 4 is 56.0 Å². The molecule has 0 aliphatic rings. The van der Waals surface area contributed by atoms with E-state index in [1.807, 2.05) is 37.3 Å². The highest BCUT2D eigenvalue weighted by Gasteiger charge is 2.21. The van der Waals surface area contributed by atoms with Gasteiger partial charge < -0.3 is 0 Å². The first-order valence-corrected chi connectivity index (χ1v) is 12.3. The van der Waals surface area contributed by atoms with Gasteiger partial charge in [-0.05, 0) is 73.2 Å². The van der Waals surface area contributed by atoms with E-state index in [4.69, 9.17) is 16.6 Å². The summed E-state index contributed by atoms with van der Waals surface area (Å²) >= 11 is 9.29. The normalized spacial score (nSPS) is 11.1. The Morgan fingerprint density at radius 2 is 2.00 bits per heavy atom. The van der Waals surface area contributed by atoms with Gasteiger partial charge in [0.1, 0.15) is 5.82 Å². The number of halogens is 2. The summed E-state index contributed by atoms with van der Waals surface area (Å²) in [6.07, 6.45) is 2.81. The Kier molecular flexibility index (Phi) is 7.40. The van der Waals surface area contributed by atoms with Crippen LogP contribution in [0.25, 0.3) is 10.2 Å². The molecule has 2 heterocycles. The number of aryl methyl sites for hydroxylation is 1. The van der Waals surface area contributed by atoms with Crippen LogP contribution in [0.5, 0.6) is 0 Å². The number of carbonyl (C=O) groups excluding carboxylic acids is 1. The summed E-state index contributed by atoms with van der Waals surface area (Å²) in [5.74, 6) is 0.517. The molecule has 0 aliphatic heterocycles. The van der Waals surface area contributed by atoms with Crippen molar-refractivity contribution in [1.29, 1.82) is 0 Å².